The topological polar surface area (TPSA) is 17.1 Å². The average Bonchev–Trinajstić information content (AvgIpc) is 3.86. The van der Waals surface area contributed by atoms with E-state index < -0.39 is 12.6 Å². The maximum absolute atomic E-state index is 15.1. The molecule has 3 aliphatic carbocycles. The minimum absolute atomic E-state index is 0.448. The second-order valence-corrected chi connectivity index (χ2v) is 17.8. The van der Waals surface area contributed by atoms with Gasteiger partial charge in [0.15, 0.2) is 7.14 Å². The normalized spacial score (nSPS) is 15.4. The highest BCUT2D eigenvalue weighted by Gasteiger charge is 2.52. The summed E-state index contributed by atoms with van der Waals surface area (Å²) >= 11 is 0. The van der Waals surface area contributed by atoms with Gasteiger partial charge in [0.1, 0.15) is 0 Å². The van der Waals surface area contributed by atoms with Crippen LogP contribution in [-0.4, -0.2) is 0 Å². The van der Waals surface area contributed by atoms with E-state index in [1.54, 1.807) is 0 Å². The van der Waals surface area contributed by atoms with Gasteiger partial charge in [-0.2, -0.15) is 0 Å². The Hall–Kier alpha value is -6.53. The molecule has 2 heteroatoms. The molecule has 1 spiro atoms. The van der Waals surface area contributed by atoms with Gasteiger partial charge < -0.3 is 4.57 Å². The van der Waals surface area contributed by atoms with E-state index in [1.165, 1.54) is 77.5 Å². The van der Waals surface area contributed by atoms with Crippen molar-refractivity contribution in [2.45, 2.75) is 5.41 Å². The van der Waals surface area contributed by atoms with Crippen LogP contribution in [-0.2, 0) is 9.98 Å². The minimum atomic E-state index is -3.07. The molecule has 3 aliphatic rings. The van der Waals surface area contributed by atoms with Gasteiger partial charge in [-0.25, -0.2) is 0 Å². The first-order valence-corrected chi connectivity index (χ1v) is 20.7. The molecule has 1 nitrogen and oxygen atoms in total. The lowest BCUT2D eigenvalue weighted by Gasteiger charge is -2.31. The van der Waals surface area contributed by atoms with Gasteiger partial charge in [-0.05, 0) is 101 Å². The van der Waals surface area contributed by atoms with Gasteiger partial charge in [-0.1, -0.05) is 188 Å². The zero-order chi connectivity index (χ0) is 36.3. The number of rotatable bonds is 4. The van der Waals surface area contributed by atoms with Crippen LogP contribution in [0.1, 0.15) is 22.3 Å². The lowest BCUT2D eigenvalue weighted by atomic mass is 9.70. The Balaban J connectivity index is 1.06. The molecule has 1 unspecified atom stereocenters. The summed E-state index contributed by atoms with van der Waals surface area (Å²) in [5.41, 5.74) is 17.7. The molecule has 0 fully saturated rings. The zero-order valence-corrected chi connectivity index (χ0v) is 30.8. The Labute approximate surface area is 320 Å². The fourth-order valence-corrected chi connectivity index (χ4v) is 12.9. The Bertz CT molecular complexity index is 3060. The lowest BCUT2D eigenvalue weighted by Crippen LogP contribution is -2.26. The summed E-state index contributed by atoms with van der Waals surface area (Å²) < 4.78 is 15.1. The molecule has 9 aromatic rings. The van der Waals surface area contributed by atoms with Crippen LogP contribution in [0.15, 0.2) is 200 Å². The van der Waals surface area contributed by atoms with Crippen LogP contribution in [0.3, 0.4) is 0 Å². The van der Waals surface area contributed by atoms with Crippen molar-refractivity contribution in [1.29, 1.82) is 0 Å². The van der Waals surface area contributed by atoms with Crippen LogP contribution in [0.25, 0.3) is 66.4 Å². The standard InChI is InChI=1S/C53H33OP/c54-55(36-14-3-1-4-15-36,37-16-5-2-6-17-37)38-29-26-34(27-30-38)35-28-31-49-45(32-35)41-20-9-11-24-47(41)53(49)48-25-12-10-21-43(48)52-44-23-13-22-42-39-18-7-8-19-40(39)46(51(42)44)33-50(52)53/h1-33H. The quantitative estimate of drug-likeness (QED) is 0.166. The third-order valence-electron chi connectivity index (χ3n) is 12.5. The molecule has 12 rings (SSSR count). The van der Waals surface area contributed by atoms with Crippen molar-refractivity contribution in [3.63, 3.8) is 0 Å². The van der Waals surface area contributed by atoms with E-state index in [9.17, 15) is 0 Å². The first-order valence-electron chi connectivity index (χ1n) is 19.0. The van der Waals surface area contributed by atoms with Gasteiger partial charge in [0.2, 0.25) is 0 Å². The largest absolute Gasteiger partial charge is 0.309 e. The SMILES string of the molecule is O=P(c1ccccc1)(c1ccccc1)c1ccc(-c2ccc3c(c2)-c2ccccc2C32c3ccccc3-c3c2cc2c4c(cccc34)-c3ccccc3-2)cc1. The summed E-state index contributed by atoms with van der Waals surface area (Å²) in [6.45, 7) is 0. The highest BCUT2D eigenvalue weighted by molar-refractivity contribution is 7.85. The molecule has 0 bridgehead atoms. The monoisotopic (exact) mass is 716 g/mol. The van der Waals surface area contributed by atoms with Crippen molar-refractivity contribution in [2.75, 3.05) is 0 Å². The molecular formula is C53H33OP. The summed E-state index contributed by atoms with van der Waals surface area (Å²) in [5.74, 6) is 0. The molecule has 0 aliphatic heterocycles. The Kier molecular flexibility index (Phi) is 6.32. The summed E-state index contributed by atoms with van der Waals surface area (Å²) in [6.07, 6.45) is 0. The molecule has 0 aromatic heterocycles. The third-order valence-corrected chi connectivity index (χ3v) is 15.6. The van der Waals surface area contributed by atoms with Crippen molar-refractivity contribution >= 4 is 33.8 Å². The van der Waals surface area contributed by atoms with E-state index in [2.05, 4.69) is 140 Å². The van der Waals surface area contributed by atoms with Crippen LogP contribution < -0.4 is 15.9 Å². The highest BCUT2D eigenvalue weighted by atomic mass is 31.2. The van der Waals surface area contributed by atoms with Crippen LogP contribution >= 0.6 is 7.14 Å². The Morgan fingerprint density at radius 3 is 1.53 bits per heavy atom. The average molecular weight is 717 g/mol. The summed E-state index contributed by atoms with van der Waals surface area (Å²) in [7, 11) is -3.07. The molecular weight excluding hydrogens is 684 g/mol. The van der Waals surface area contributed by atoms with Gasteiger partial charge in [-0.3, -0.25) is 0 Å². The summed E-state index contributed by atoms with van der Waals surface area (Å²) in [6, 6.07) is 71.8. The predicted octanol–water partition coefficient (Wildman–Crippen LogP) is 12.1. The molecule has 9 aromatic carbocycles. The summed E-state index contributed by atoms with van der Waals surface area (Å²) in [4.78, 5) is 0. The molecule has 0 N–H and O–H groups in total. The van der Waals surface area contributed by atoms with Crippen molar-refractivity contribution in [1.82, 2.24) is 0 Å². The van der Waals surface area contributed by atoms with Gasteiger partial charge in [0.25, 0.3) is 0 Å². The van der Waals surface area contributed by atoms with Gasteiger partial charge in [-0.15, -0.1) is 0 Å². The van der Waals surface area contributed by atoms with Crippen LogP contribution in [0.4, 0.5) is 0 Å². The first-order chi connectivity index (χ1) is 27.2. The van der Waals surface area contributed by atoms with Gasteiger partial charge >= 0.3 is 0 Å². The summed E-state index contributed by atoms with van der Waals surface area (Å²) in [5, 5.41) is 5.22. The zero-order valence-electron chi connectivity index (χ0n) is 29.9. The minimum Gasteiger partial charge on any atom is -0.309 e. The molecule has 55 heavy (non-hydrogen) atoms. The van der Waals surface area contributed by atoms with E-state index in [1.807, 2.05) is 60.7 Å². The maximum Gasteiger partial charge on any atom is 0.171 e. The fraction of sp³-hybridized carbons (Fsp3) is 0.0189. The number of hydrogen-bond donors (Lipinski definition) is 0. The smallest absolute Gasteiger partial charge is 0.171 e. The molecule has 0 heterocycles. The van der Waals surface area contributed by atoms with Crippen molar-refractivity contribution < 1.29 is 4.57 Å². The molecule has 0 radical (unpaired) electrons. The maximum atomic E-state index is 15.1. The second kappa shape index (κ2) is 11.2. The Morgan fingerprint density at radius 1 is 0.327 bits per heavy atom. The van der Waals surface area contributed by atoms with Crippen LogP contribution in [0, 0.1) is 0 Å². The van der Waals surface area contributed by atoms with E-state index in [4.69, 9.17) is 0 Å². The van der Waals surface area contributed by atoms with Crippen LogP contribution in [0.2, 0.25) is 0 Å². The molecule has 256 valence electrons. The molecule has 0 saturated carbocycles. The number of benzene rings is 9. The van der Waals surface area contributed by atoms with E-state index in [-0.39, 0.29) is 0 Å². The first kappa shape index (κ1) is 30.9. The highest BCUT2D eigenvalue weighted by Crippen LogP contribution is 2.65. The van der Waals surface area contributed by atoms with E-state index in [0.29, 0.717) is 0 Å². The predicted molar refractivity (Wildman–Crippen MR) is 230 cm³/mol. The van der Waals surface area contributed by atoms with Crippen molar-refractivity contribution in [3.05, 3.63) is 222 Å². The van der Waals surface area contributed by atoms with Crippen LogP contribution in [0.5, 0.6) is 0 Å². The molecule has 1 atom stereocenters. The Morgan fingerprint density at radius 2 is 0.836 bits per heavy atom. The number of fused-ring (bicyclic) bond motifs is 14. The van der Waals surface area contributed by atoms with Gasteiger partial charge in [0.05, 0.1) is 5.41 Å². The molecule has 0 saturated heterocycles. The lowest BCUT2D eigenvalue weighted by molar-refractivity contribution is 0.592. The van der Waals surface area contributed by atoms with Crippen molar-refractivity contribution in [3.8, 4) is 55.6 Å². The second-order valence-electron chi connectivity index (χ2n) is 15.0. The fourth-order valence-electron chi connectivity index (χ4n) is 10.3. The van der Waals surface area contributed by atoms with E-state index >= 15 is 4.57 Å². The third kappa shape index (κ3) is 3.96. The van der Waals surface area contributed by atoms with E-state index in [0.717, 1.165) is 27.0 Å². The van der Waals surface area contributed by atoms with Gasteiger partial charge in [0, 0.05) is 15.9 Å². The van der Waals surface area contributed by atoms with Crippen molar-refractivity contribution in [2.24, 2.45) is 0 Å². The number of hydrogen-bond acceptors (Lipinski definition) is 1. The molecule has 0 amide bonds.